The van der Waals surface area contributed by atoms with Gasteiger partial charge in [-0.05, 0) is 25.7 Å². The largest absolute Gasteiger partial charge is 0.468 e. The van der Waals surface area contributed by atoms with Gasteiger partial charge < -0.3 is 9.47 Å². The topological polar surface area (TPSA) is 38.8 Å². The summed E-state index contributed by atoms with van der Waals surface area (Å²) in [5, 5.41) is 0. The number of hydrogen-bond acceptors (Lipinski definition) is 4. The summed E-state index contributed by atoms with van der Waals surface area (Å²) in [5.41, 5.74) is 0. The summed E-state index contributed by atoms with van der Waals surface area (Å²) >= 11 is 0. The fraction of sp³-hybridized carbons (Fsp3) is 0.909. The average molecular weight is 213 g/mol. The molecule has 1 aliphatic heterocycles. The molecule has 0 spiro atoms. The Balaban J connectivity index is 2.05. The maximum Gasteiger partial charge on any atom is 0.323 e. The van der Waals surface area contributed by atoms with E-state index < -0.39 is 0 Å². The van der Waals surface area contributed by atoms with Crippen molar-refractivity contribution in [2.45, 2.75) is 31.8 Å². The summed E-state index contributed by atoms with van der Waals surface area (Å²) in [7, 11) is 1.48. The molecule has 2 fully saturated rings. The van der Waals surface area contributed by atoms with Crippen molar-refractivity contribution in [3.05, 3.63) is 0 Å². The minimum atomic E-state index is -0.0775. The SMILES string of the molecule is COC(=O)C(C1CC1)N1CCOCC1C. The number of methoxy groups -OCH3 is 1. The number of morpholine rings is 1. The van der Waals surface area contributed by atoms with Crippen LogP contribution >= 0.6 is 0 Å². The number of esters is 1. The van der Waals surface area contributed by atoms with E-state index in [0.29, 0.717) is 12.0 Å². The summed E-state index contributed by atoms with van der Waals surface area (Å²) in [4.78, 5) is 14.0. The summed E-state index contributed by atoms with van der Waals surface area (Å²) in [5.74, 6) is 0.434. The summed E-state index contributed by atoms with van der Waals surface area (Å²) in [6.07, 6.45) is 2.31. The maximum absolute atomic E-state index is 11.7. The highest BCUT2D eigenvalue weighted by Crippen LogP contribution is 2.37. The molecule has 0 aromatic rings. The van der Waals surface area contributed by atoms with Gasteiger partial charge in [-0.1, -0.05) is 0 Å². The number of carbonyl (C=O) groups excluding carboxylic acids is 1. The van der Waals surface area contributed by atoms with Gasteiger partial charge in [-0.3, -0.25) is 9.69 Å². The molecule has 0 radical (unpaired) electrons. The number of ether oxygens (including phenoxy) is 2. The van der Waals surface area contributed by atoms with Crippen molar-refractivity contribution in [1.82, 2.24) is 4.90 Å². The molecular formula is C11H19NO3. The first-order valence-electron chi connectivity index (χ1n) is 5.65. The average Bonchev–Trinajstić information content (AvgIpc) is 3.05. The Morgan fingerprint density at radius 2 is 2.27 bits per heavy atom. The zero-order chi connectivity index (χ0) is 10.8. The van der Waals surface area contributed by atoms with Crippen LogP contribution < -0.4 is 0 Å². The third kappa shape index (κ3) is 2.32. The molecule has 1 aliphatic carbocycles. The van der Waals surface area contributed by atoms with Gasteiger partial charge in [0, 0.05) is 12.6 Å². The van der Waals surface area contributed by atoms with Gasteiger partial charge >= 0.3 is 5.97 Å². The van der Waals surface area contributed by atoms with Crippen LogP contribution in [0, 0.1) is 5.92 Å². The second kappa shape index (κ2) is 4.49. The Hall–Kier alpha value is -0.610. The molecule has 0 N–H and O–H groups in total. The van der Waals surface area contributed by atoms with Gasteiger partial charge in [0.05, 0.1) is 20.3 Å². The Kier molecular flexibility index (Phi) is 3.26. The van der Waals surface area contributed by atoms with Crippen LogP contribution in [-0.4, -0.2) is 49.8 Å². The zero-order valence-electron chi connectivity index (χ0n) is 9.44. The van der Waals surface area contributed by atoms with Gasteiger partial charge in [0.2, 0.25) is 0 Å². The van der Waals surface area contributed by atoms with Crippen molar-refractivity contribution in [3.8, 4) is 0 Å². The van der Waals surface area contributed by atoms with Gasteiger partial charge in [0.25, 0.3) is 0 Å². The molecule has 4 nitrogen and oxygen atoms in total. The maximum atomic E-state index is 11.7. The second-order valence-corrected chi connectivity index (χ2v) is 4.47. The van der Waals surface area contributed by atoms with Crippen LogP contribution in [0.1, 0.15) is 19.8 Å². The van der Waals surface area contributed by atoms with Crippen molar-refractivity contribution >= 4 is 5.97 Å². The molecule has 2 aliphatic rings. The molecule has 1 saturated carbocycles. The van der Waals surface area contributed by atoms with Crippen molar-refractivity contribution in [1.29, 1.82) is 0 Å². The van der Waals surface area contributed by atoms with Gasteiger partial charge in [0.1, 0.15) is 6.04 Å². The van der Waals surface area contributed by atoms with Crippen LogP contribution in [0.25, 0.3) is 0 Å². The van der Waals surface area contributed by atoms with Crippen molar-refractivity contribution < 1.29 is 14.3 Å². The molecule has 1 heterocycles. The van der Waals surface area contributed by atoms with Crippen LogP contribution in [0.4, 0.5) is 0 Å². The molecule has 2 unspecified atom stereocenters. The van der Waals surface area contributed by atoms with Gasteiger partial charge in [-0.2, -0.15) is 0 Å². The van der Waals surface area contributed by atoms with E-state index in [1.165, 1.54) is 7.11 Å². The Bertz CT molecular complexity index is 240. The lowest BCUT2D eigenvalue weighted by Gasteiger charge is -2.38. The van der Waals surface area contributed by atoms with Crippen LogP contribution in [-0.2, 0) is 14.3 Å². The Morgan fingerprint density at radius 3 is 2.80 bits per heavy atom. The zero-order valence-corrected chi connectivity index (χ0v) is 9.44. The fourth-order valence-corrected chi connectivity index (χ4v) is 2.28. The highest BCUT2D eigenvalue weighted by Gasteiger charge is 2.43. The van der Waals surface area contributed by atoms with Gasteiger partial charge in [-0.15, -0.1) is 0 Å². The van der Waals surface area contributed by atoms with E-state index in [4.69, 9.17) is 9.47 Å². The van der Waals surface area contributed by atoms with Gasteiger partial charge in [-0.25, -0.2) is 0 Å². The monoisotopic (exact) mass is 213 g/mol. The smallest absolute Gasteiger partial charge is 0.323 e. The molecule has 0 amide bonds. The van der Waals surface area contributed by atoms with Crippen LogP contribution in [0.3, 0.4) is 0 Å². The standard InChI is InChI=1S/C11H19NO3/c1-8-7-15-6-5-12(8)10(9-3-4-9)11(13)14-2/h8-10H,3-7H2,1-2H3. The third-order valence-electron chi connectivity index (χ3n) is 3.29. The van der Waals surface area contributed by atoms with E-state index >= 15 is 0 Å². The molecule has 2 rings (SSSR count). The molecule has 2 atom stereocenters. The van der Waals surface area contributed by atoms with Crippen LogP contribution in [0.15, 0.2) is 0 Å². The Labute approximate surface area is 90.5 Å². The fourth-order valence-electron chi connectivity index (χ4n) is 2.28. The molecule has 0 aromatic carbocycles. The summed E-state index contributed by atoms with van der Waals surface area (Å²) < 4.78 is 10.3. The van der Waals surface area contributed by atoms with E-state index in [-0.39, 0.29) is 12.0 Å². The molecule has 15 heavy (non-hydrogen) atoms. The van der Waals surface area contributed by atoms with Crippen molar-refractivity contribution in [2.24, 2.45) is 5.92 Å². The second-order valence-electron chi connectivity index (χ2n) is 4.47. The number of nitrogens with zero attached hydrogens (tertiary/aromatic N) is 1. The van der Waals surface area contributed by atoms with E-state index in [9.17, 15) is 4.79 Å². The lowest BCUT2D eigenvalue weighted by molar-refractivity contribution is -0.151. The van der Waals surface area contributed by atoms with Crippen molar-refractivity contribution in [2.75, 3.05) is 26.9 Å². The van der Waals surface area contributed by atoms with Crippen LogP contribution in [0.5, 0.6) is 0 Å². The molecule has 4 heteroatoms. The molecule has 0 bridgehead atoms. The highest BCUT2D eigenvalue weighted by molar-refractivity contribution is 5.76. The normalized spacial score (nSPS) is 29.9. The predicted molar refractivity (Wildman–Crippen MR) is 55.5 cm³/mol. The Morgan fingerprint density at radius 1 is 1.53 bits per heavy atom. The minimum absolute atomic E-state index is 0.0334. The van der Waals surface area contributed by atoms with E-state index in [2.05, 4.69) is 11.8 Å². The summed E-state index contributed by atoms with van der Waals surface area (Å²) in [6, 6.07) is 0.289. The van der Waals surface area contributed by atoms with Gasteiger partial charge in [0.15, 0.2) is 0 Å². The molecule has 1 saturated heterocycles. The van der Waals surface area contributed by atoms with E-state index in [0.717, 1.165) is 32.6 Å². The van der Waals surface area contributed by atoms with E-state index in [1.54, 1.807) is 0 Å². The first kappa shape index (κ1) is 10.9. The minimum Gasteiger partial charge on any atom is -0.468 e. The third-order valence-corrected chi connectivity index (χ3v) is 3.29. The highest BCUT2D eigenvalue weighted by atomic mass is 16.5. The summed E-state index contributed by atoms with van der Waals surface area (Å²) in [6.45, 7) is 4.40. The van der Waals surface area contributed by atoms with Crippen LogP contribution in [0.2, 0.25) is 0 Å². The first-order valence-corrected chi connectivity index (χ1v) is 5.65. The lowest BCUT2D eigenvalue weighted by Crippen LogP contribution is -2.53. The number of hydrogen-bond donors (Lipinski definition) is 0. The molecule has 0 aromatic heterocycles. The van der Waals surface area contributed by atoms with E-state index in [1.807, 2.05) is 0 Å². The lowest BCUT2D eigenvalue weighted by atomic mass is 10.1. The predicted octanol–water partition coefficient (Wildman–Crippen LogP) is 0.659. The number of rotatable bonds is 3. The molecular weight excluding hydrogens is 194 g/mol. The first-order chi connectivity index (χ1) is 7.24. The number of carbonyl (C=O) groups is 1. The van der Waals surface area contributed by atoms with Crippen molar-refractivity contribution in [3.63, 3.8) is 0 Å². The quantitative estimate of drug-likeness (QED) is 0.646. The molecule has 86 valence electrons.